The Hall–Kier alpha value is -2.11. The van der Waals surface area contributed by atoms with Crippen LogP contribution in [0.4, 0.5) is 0 Å². The van der Waals surface area contributed by atoms with Gasteiger partial charge in [0.25, 0.3) is 0 Å². The molecule has 0 aromatic rings. The van der Waals surface area contributed by atoms with Gasteiger partial charge in [-0.1, -0.05) is 319 Å². The van der Waals surface area contributed by atoms with Crippen LogP contribution in [-0.4, -0.2) is 87.5 Å². The first-order chi connectivity index (χ1) is 38.8. The Balaban J connectivity index is 2.14. The molecule has 1 aliphatic rings. The molecule has 0 aliphatic carbocycles. The fraction of sp³-hybridized carbons (Fsp3) is 0.843. The normalized spacial score (nSPS) is 18.9. The van der Waals surface area contributed by atoms with Crippen molar-refractivity contribution in [3.8, 4) is 0 Å². The average Bonchev–Trinajstić information content (AvgIpc) is 3.47. The topological polar surface area (TPSA) is 149 Å². The summed E-state index contributed by atoms with van der Waals surface area (Å²) in [6, 6.07) is -0.807. The molecule has 7 unspecified atom stereocenters. The zero-order valence-corrected chi connectivity index (χ0v) is 51.6. The molecule has 9 heteroatoms. The first kappa shape index (κ1) is 74.9. The van der Waals surface area contributed by atoms with E-state index in [1.54, 1.807) is 6.08 Å². The van der Waals surface area contributed by atoms with E-state index in [4.69, 9.17) is 9.47 Å². The molecule has 1 heterocycles. The van der Waals surface area contributed by atoms with Crippen LogP contribution >= 0.6 is 0 Å². The van der Waals surface area contributed by atoms with E-state index in [2.05, 4.69) is 67.8 Å². The van der Waals surface area contributed by atoms with Gasteiger partial charge in [-0.05, 0) is 57.8 Å². The molecule has 1 rings (SSSR count). The summed E-state index contributed by atoms with van der Waals surface area (Å²) in [4.78, 5) is 13.1. The van der Waals surface area contributed by atoms with E-state index in [-0.39, 0.29) is 12.5 Å². The van der Waals surface area contributed by atoms with Crippen molar-refractivity contribution in [2.24, 2.45) is 0 Å². The number of carbonyl (C=O) groups is 1. The van der Waals surface area contributed by atoms with E-state index in [1.807, 2.05) is 6.08 Å². The maximum Gasteiger partial charge on any atom is 0.220 e. The van der Waals surface area contributed by atoms with Gasteiger partial charge >= 0.3 is 0 Å². The van der Waals surface area contributed by atoms with Gasteiger partial charge in [-0.25, -0.2) is 0 Å². The molecule has 1 aliphatic heterocycles. The molecule has 79 heavy (non-hydrogen) atoms. The fourth-order valence-electron chi connectivity index (χ4n) is 10.8. The maximum atomic E-state index is 13.1. The fourth-order valence-corrected chi connectivity index (χ4v) is 10.8. The van der Waals surface area contributed by atoms with Gasteiger partial charge < -0.3 is 40.3 Å². The summed E-state index contributed by atoms with van der Waals surface area (Å²) in [5, 5.41) is 54.7. The van der Waals surface area contributed by atoms with Gasteiger partial charge in [0.1, 0.15) is 24.4 Å². The molecule has 0 spiro atoms. The summed E-state index contributed by atoms with van der Waals surface area (Å²) < 4.78 is 11.3. The van der Waals surface area contributed by atoms with E-state index >= 15 is 0 Å². The Kier molecular flexibility index (Phi) is 56.0. The van der Waals surface area contributed by atoms with Crippen molar-refractivity contribution in [3.63, 3.8) is 0 Å². The number of ether oxygens (including phenoxy) is 2. The molecule has 6 N–H and O–H groups in total. The summed E-state index contributed by atoms with van der Waals surface area (Å²) in [5.74, 6) is -0.172. The van der Waals surface area contributed by atoms with Gasteiger partial charge in [-0.15, -0.1) is 0 Å². The molecular weight excluding hydrogens is 983 g/mol. The van der Waals surface area contributed by atoms with Crippen LogP contribution in [-0.2, 0) is 14.3 Å². The Morgan fingerprint density at radius 1 is 0.443 bits per heavy atom. The van der Waals surface area contributed by atoms with Crippen molar-refractivity contribution in [1.29, 1.82) is 0 Å². The quantitative estimate of drug-likeness (QED) is 0.0261. The van der Waals surface area contributed by atoms with Gasteiger partial charge in [-0.3, -0.25) is 4.79 Å². The van der Waals surface area contributed by atoms with Gasteiger partial charge in [0.05, 0.1) is 25.4 Å². The molecular formula is C70H129NO8. The zero-order valence-electron chi connectivity index (χ0n) is 51.6. The van der Waals surface area contributed by atoms with Gasteiger partial charge in [-0.2, -0.15) is 0 Å². The lowest BCUT2D eigenvalue weighted by Crippen LogP contribution is -2.60. The summed E-state index contributed by atoms with van der Waals surface area (Å²) in [6.07, 6.45) is 74.6. The molecule has 1 fully saturated rings. The third-order valence-corrected chi connectivity index (χ3v) is 16.1. The Morgan fingerprint density at radius 3 is 1.16 bits per heavy atom. The predicted octanol–water partition coefficient (Wildman–Crippen LogP) is 18.2. The highest BCUT2D eigenvalue weighted by molar-refractivity contribution is 5.76. The van der Waals surface area contributed by atoms with Crippen molar-refractivity contribution in [1.82, 2.24) is 5.32 Å². The molecule has 0 bridgehead atoms. The number of aliphatic hydroxyl groups is 5. The van der Waals surface area contributed by atoms with Gasteiger partial charge in [0.2, 0.25) is 5.91 Å². The number of hydrogen-bond donors (Lipinski definition) is 6. The number of hydrogen-bond acceptors (Lipinski definition) is 8. The third-order valence-electron chi connectivity index (χ3n) is 16.1. The highest BCUT2D eigenvalue weighted by Crippen LogP contribution is 2.23. The maximum absolute atomic E-state index is 13.1. The van der Waals surface area contributed by atoms with Gasteiger partial charge in [0, 0.05) is 6.42 Å². The summed E-state index contributed by atoms with van der Waals surface area (Å²) >= 11 is 0. The third kappa shape index (κ3) is 48.0. The molecule has 0 aromatic carbocycles. The smallest absolute Gasteiger partial charge is 0.220 e. The van der Waals surface area contributed by atoms with Crippen LogP contribution in [0.5, 0.6) is 0 Å². The average molecular weight is 1110 g/mol. The molecule has 0 aromatic heterocycles. The Labute approximate surface area is 487 Å². The predicted molar refractivity (Wildman–Crippen MR) is 336 cm³/mol. The van der Waals surface area contributed by atoms with Crippen molar-refractivity contribution in [3.05, 3.63) is 60.8 Å². The first-order valence-corrected chi connectivity index (χ1v) is 34.0. The van der Waals surface area contributed by atoms with Crippen molar-refractivity contribution in [2.45, 2.75) is 365 Å². The number of amides is 1. The van der Waals surface area contributed by atoms with Crippen LogP contribution in [0.1, 0.15) is 322 Å². The highest BCUT2D eigenvalue weighted by atomic mass is 16.7. The van der Waals surface area contributed by atoms with Crippen LogP contribution < -0.4 is 5.32 Å². The van der Waals surface area contributed by atoms with E-state index in [1.165, 1.54) is 238 Å². The standard InChI is InChI=1S/C70H129NO8/c1-3-5-7-9-11-13-15-17-19-21-23-25-27-29-30-31-32-33-34-36-38-40-42-44-46-48-50-52-54-56-58-60-66(74)71-63(62-78-70-69(77)68(76)67(75)65(61-72)79-70)64(73)59-57-55-53-51-49-47-45-43-41-39-37-35-28-26-24-22-20-18-16-14-12-10-8-6-4-2/h5,7,11,13,17,19,23,25,57,59,63-65,67-70,72-73,75-77H,3-4,6,8-10,12,14-16,18,20-22,24,26-56,58,60-62H2,1-2H3,(H,71,74)/b7-5-,13-11-,19-17-,25-23-,59-57+. The van der Waals surface area contributed by atoms with E-state index in [0.717, 1.165) is 64.2 Å². The number of aliphatic hydroxyl groups excluding tert-OH is 5. The molecule has 462 valence electrons. The lowest BCUT2D eigenvalue weighted by Gasteiger charge is -2.40. The summed E-state index contributed by atoms with van der Waals surface area (Å²) in [5.41, 5.74) is 0. The number of nitrogens with one attached hydrogen (secondary N) is 1. The molecule has 0 radical (unpaired) electrons. The Morgan fingerprint density at radius 2 is 0.785 bits per heavy atom. The second-order valence-corrected chi connectivity index (χ2v) is 23.6. The van der Waals surface area contributed by atoms with Crippen LogP contribution in [0.2, 0.25) is 0 Å². The lowest BCUT2D eigenvalue weighted by molar-refractivity contribution is -0.302. The largest absolute Gasteiger partial charge is 0.394 e. The van der Waals surface area contributed by atoms with Crippen molar-refractivity contribution >= 4 is 5.91 Å². The van der Waals surface area contributed by atoms with Crippen molar-refractivity contribution in [2.75, 3.05) is 13.2 Å². The monoisotopic (exact) mass is 1110 g/mol. The molecule has 1 amide bonds. The number of rotatable bonds is 59. The summed E-state index contributed by atoms with van der Waals surface area (Å²) in [6.45, 7) is 3.71. The molecule has 0 saturated carbocycles. The Bertz CT molecular complexity index is 1430. The number of unbranched alkanes of at least 4 members (excludes halogenated alkanes) is 41. The van der Waals surface area contributed by atoms with E-state index in [0.29, 0.717) is 6.42 Å². The van der Waals surface area contributed by atoms with Crippen LogP contribution in [0.25, 0.3) is 0 Å². The first-order valence-electron chi connectivity index (χ1n) is 34.0. The second-order valence-electron chi connectivity index (χ2n) is 23.6. The van der Waals surface area contributed by atoms with E-state index in [9.17, 15) is 30.3 Å². The highest BCUT2D eigenvalue weighted by Gasteiger charge is 2.44. The summed E-state index contributed by atoms with van der Waals surface area (Å²) in [7, 11) is 0. The number of allylic oxidation sites excluding steroid dienone is 9. The molecule has 7 atom stereocenters. The zero-order chi connectivity index (χ0) is 57.2. The van der Waals surface area contributed by atoms with Crippen LogP contribution in [0, 0.1) is 0 Å². The van der Waals surface area contributed by atoms with Crippen LogP contribution in [0.15, 0.2) is 60.8 Å². The SMILES string of the molecule is CC/C=C\C/C=C\C/C=C\C/C=C\CCCCCCCCCCCCCCCCCCCCC(=O)NC(COC1OC(CO)C(O)C(O)C1O)C(O)/C=C/CCCCCCCCCCCCCCCCCCCCCCCCC. The van der Waals surface area contributed by atoms with Crippen LogP contribution in [0.3, 0.4) is 0 Å². The van der Waals surface area contributed by atoms with E-state index < -0.39 is 49.5 Å². The second kappa shape index (κ2) is 59.1. The minimum Gasteiger partial charge on any atom is -0.394 e. The number of carbonyl (C=O) groups excluding carboxylic acids is 1. The lowest BCUT2D eigenvalue weighted by atomic mass is 9.99. The molecule has 9 nitrogen and oxygen atoms in total. The minimum absolute atomic E-state index is 0.172. The minimum atomic E-state index is -1.57. The van der Waals surface area contributed by atoms with Gasteiger partial charge in [0.15, 0.2) is 6.29 Å². The van der Waals surface area contributed by atoms with Crippen molar-refractivity contribution < 1.29 is 39.8 Å². The molecule has 1 saturated heterocycles.